The van der Waals surface area contributed by atoms with Crippen molar-refractivity contribution in [3.63, 3.8) is 0 Å². The number of rotatable bonds is 9. The van der Waals surface area contributed by atoms with E-state index in [1.165, 1.54) is 32.3 Å². The molecule has 0 saturated heterocycles. The van der Waals surface area contributed by atoms with Gasteiger partial charge in [0.25, 0.3) is 0 Å². The van der Waals surface area contributed by atoms with Gasteiger partial charge < -0.3 is 13.7 Å². The summed E-state index contributed by atoms with van der Waals surface area (Å²) in [6.45, 7) is 0. The van der Waals surface area contributed by atoms with E-state index in [4.69, 9.17) is 29.9 Å². The van der Waals surface area contributed by atoms with Crippen molar-refractivity contribution in [1.82, 2.24) is 72.3 Å². The normalized spacial score (nSPS) is 12.1. The molecule has 15 heteroatoms. The van der Waals surface area contributed by atoms with Crippen LogP contribution in [-0.2, 0) is 0 Å². The molecule has 0 bridgehead atoms. The fraction of sp³-hybridized carbons (Fsp3) is 0. The van der Waals surface area contributed by atoms with E-state index in [9.17, 15) is 0 Å². The van der Waals surface area contributed by atoms with E-state index in [0.717, 1.165) is 150 Å². The molecule has 10 heterocycles. The van der Waals surface area contributed by atoms with Crippen molar-refractivity contribution >= 4 is 131 Å². The van der Waals surface area contributed by atoms with E-state index < -0.39 is 0 Å². The lowest BCUT2D eigenvalue weighted by atomic mass is 10.1. The maximum atomic E-state index is 5.60. The lowest BCUT2D eigenvalue weighted by Gasteiger charge is -2.10. The van der Waals surface area contributed by atoms with Gasteiger partial charge in [-0.25, -0.2) is 44.9 Å². The van der Waals surface area contributed by atoms with Gasteiger partial charge in [0.1, 0.15) is 36.4 Å². The number of benzene rings is 12. The molecule has 0 aliphatic carbocycles. The maximum absolute atomic E-state index is 5.60. The van der Waals surface area contributed by atoms with E-state index in [1.54, 1.807) is 37.6 Å². The van der Waals surface area contributed by atoms with Crippen molar-refractivity contribution in [2.24, 2.45) is 0 Å². The molecule has 0 saturated carbocycles. The van der Waals surface area contributed by atoms with E-state index in [2.05, 4.69) is 297 Å². The van der Waals surface area contributed by atoms with Crippen molar-refractivity contribution in [2.45, 2.75) is 0 Å². The largest absolute Gasteiger partial charge is 0.309 e. The summed E-state index contributed by atoms with van der Waals surface area (Å²) >= 11 is 0. The minimum absolute atomic E-state index is 0.507. The van der Waals surface area contributed by atoms with Crippen LogP contribution in [0.1, 0.15) is 0 Å². The van der Waals surface area contributed by atoms with Gasteiger partial charge in [0.15, 0.2) is 17.5 Å². The molecular weight excluding hydrogens is 1260 g/mol. The fourth-order valence-corrected chi connectivity index (χ4v) is 16.2. The molecule has 0 radical (unpaired) electrons. The topological polar surface area (TPSA) is 146 Å². The molecule has 0 amide bonds. The Hall–Kier alpha value is -14.3. The maximum Gasteiger partial charge on any atom is 0.164 e. The van der Waals surface area contributed by atoms with E-state index >= 15 is 0 Å². The Balaban J connectivity index is 0.789. The highest BCUT2D eigenvalue weighted by atomic mass is 15.1. The van der Waals surface area contributed by atoms with Crippen molar-refractivity contribution in [2.75, 3.05) is 0 Å². The standard InChI is InChI=1S/C87H51N15/c1-7-19-70-58(13-1)59-14-2-8-20-71(59)97(70)55-28-34-79-67(46-55)64-43-52(25-31-76(64)100(79)82-37-40-88-49-91-82)85-94-86(53-26-32-77-65(44-53)68-47-56(29-35-80(68)101(77)83-38-41-89-50-92-83)98-72-21-9-3-15-60(72)61-16-4-10-22-73(61)98)96-87(95-85)54-27-33-78-66(45-54)69-48-57(30-36-81(69)102(78)84-39-42-90-51-93-84)99-74-23-11-5-17-62(74)63-18-6-12-24-75(63)99/h1-51H. The number of aromatic nitrogens is 15. The molecule has 0 aliphatic heterocycles. The molecule has 15 nitrogen and oxygen atoms in total. The fourth-order valence-electron chi connectivity index (χ4n) is 16.2. The summed E-state index contributed by atoms with van der Waals surface area (Å²) in [5, 5.41) is 13.3. The summed E-state index contributed by atoms with van der Waals surface area (Å²) in [5.41, 5.74) is 18.2. The summed E-state index contributed by atoms with van der Waals surface area (Å²) in [6.07, 6.45) is 10.2. The van der Waals surface area contributed by atoms with Gasteiger partial charge in [-0.3, -0.25) is 13.7 Å². The predicted octanol–water partition coefficient (Wildman–Crippen LogP) is 19.8. The zero-order chi connectivity index (χ0) is 66.7. The third-order valence-corrected chi connectivity index (χ3v) is 20.6. The molecule has 102 heavy (non-hydrogen) atoms. The average Bonchev–Trinajstić information content (AvgIpc) is 1.58. The van der Waals surface area contributed by atoms with Crippen molar-refractivity contribution in [3.05, 3.63) is 311 Å². The first-order valence-electron chi connectivity index (χ1n) is 33.9. The van der Waals surface area contributed by atoms with Gasteiger partial charge in [-0.2, -0.15) is 0 Å². The molecule has 0 fully saturated rings. The third kappa shape index (κ3) is 8.20. The molecule has 474 valence electrons. The Morgan fingerprint density at radius 1 is 0.186 bits per heavy atom. The van der Waals surface area contributed by atoms with Gasteiger partial charge >= 0.3 is 0 Å². The SMILES string of the molecule is c1ccc2c(c1)c1ccccc1n2-c1ccc2c(c1)c1cc(-c3nc(-c4ccc5c(c4)c4cc(-n6c7ccccc7c7ccccc76)ccc4n5-c4ccncn4)nc(-c4ccc5c(c4)c4cc(-n6c7ccccc7c7ccccc76)ccc4n5-c4ccncn4)n3)ccc1n2-c1ccncn1. The van der Waals surface area contributed by atoms with Gasteiger partial charge in [-0.15, -0.1) is 0 Å². The Bertz CT molecular complexity index is 6400. The van der Waals surface area contributed by atoms with E-state index in [-0.39, 0.29) is 0 Å². The predicted molar refractivity (Wildman–Crippen MR) is 409 cm³/mol. The molecule has 22 rings (SSSR count). The van der Waals surface area contributed by atoms with Gasteiger partial charge in [0.2, 0.25) is 0 Å². The first kappa shape index (κ1) is 55.8. The Labute approximate surface area is 579 Å². The highest BCUT2D eigenvalue weighted by Gasteiger charge is 2.25. The minimum atomic E-state index is 0.507. The average molecular weight is 1310 g/mol. The van der Waals surface area contributed by atoms with Gasteiger partial charge in [0.05, 0.1) is 66.2 Å². The van der Waals surface area contributed by atoms with Crippen LogP contribution < -0.4 is 0 Å². The van der Waals surface area contributed by atoms with Crippen LogP contribution in [0.4, 0.5) is 0 Å². The highest BCUT2D eigenvalue weighted by molar-refractivity contribution is 6.17. The monoisotopic (exact) mass is 1310 g/mol. The smallest absolute Gasteiger partial charge is 0.164 e. The molecule has 0 aliphatic rings. The number of fused-ring (bicyclic) bond motifs is 18. The molecule has 0 atom stereocenters. The Kier molecular flexibility index (Phi) is 11.8. The van der Waals surface area contributed by atoms with Crippen LogP contribution in [-0.4, -0.2) is 72.3 Å². The molecule has 0 unspecified atom stereocenters. The number of nitrogens with zero attached hydrogens (tertiary/aromatic N) is 15. The first-order valence-corrected chi connectivity index (χ1v) is 33.9. The summed E-state index contributed by atoms with van der Waals surface area (Å²) in [4.78, 5) is 44.3. The van der Waals surface area contributed by atoms with Crippen molar-refractivity contribution < 1.29 is 0 Å². The second-order valence-electron chi connectivity index (χ2n) is 25.9. The van der Waals surface area contributed by atoms with Gasteiger partial charge in [0, 0.05) is 117 Å². The second kappa shape index (κ2) is 21.6. The van der Waals surface area contributed by atoms with Crippen LogP contribution >= 0.6 is 0 Å². The van der Waals surface area contributed by atoms with E-state index in [1.807, 2.05) is 18.2 Å². The molecular formula is C87H51N15. The second-order valence-corrected chi connectivity index (χ2v) is 25.9. The van der Waals surface area contributed by atoms with Crippen LogP contribution in [0.15, 0.2) is 311 Å². The summed E-state index contributed by atoms with van der Waals surface area (Å²) in [6, 6.07) is 97.4. The third-order valence-electron chi connectivity index (χ3n) is 20.6. The minimum Gasteiger partial charge on any atom is -0.309 e. The van der Waals surface area contributed by atoms with Crippen LogP contribution in [0.5, 0.6) is 0 Å². The number of para-hydroxylation sites is 6. The zero-order valence-corrected chi connectivity index (χ0v) is 54.2. The van der Waals surface area contributed by atoms with Gasteiger partial charge in [-0.05, 0) is 164 Å². The molecule has 10 aromatic heterocycles. The van der Waals surface area contributed by atoms with E-state index in [0.29, 0.717) is 17.5 Å². The van der Waals surface area contributed by atoms with Crippen LogP contribution in [0, 0.1) is 0 Å². The Morgan fingerprint density at radius 3 is 0.657 bits per heavy atom. The van der Waals surface area contributed by atoms with Crippen LogP contribution in [0.3, 0.4) is 0 Å². The summed E-state index contributed by atoms with van der Waals surface area (Å²) in [7, 11) is 0. The van der Waals surface area contributed by atoms with Crippen molar-refractivity contribution in [1.29, 1.82) is 0 Å². The van der Waals surface area contributed by atoms with Crippen LogP contribution in [0.2, 0.25) is 0 Å². The Morgan fingerprint density at radius 2 is 0.412 bits per heavy atom. The summed E-state index contributed by atoms with van der Waals surface area (Å²) in [5.74, 6) is 3.78. The number of hydrogen-bond donors (Lipinski definition) is 0. The molecule has 0 spiro atoms. The van der Waals surface area contributed by atoms with Crippen molar-refractivity contribution in [3.8, 4) is 68.7 Å². The summed E-state index contributed by atoms with van der Waals surface area (Å²) < 4.78 is 13.8. The quantitative estimate of drug-likeness (QED) is 0.138. The molecule has 12 aromatic carbocycles. The lowest BCUT2D eigenvalue weighted by Crippen LogP contribution is -2.01. The zero-order valence-electron chi connectivity index (χ0n) is 54.2. The first-order chi connectivity index (χ1) is 50.6. The lowest BCUT2D eigenvalue weighted by molar-refractivity contribution is 1.04. The highest BCUT2D eigenvalue weighted by Crippen LogP contribution is 2.44. The molecule has 22 aromatic rings. The number of hydrogen-bond acceptors (Lipinski definition) is 9. The molecule has 0 N–H and O–H groups in total. The van der Waals surface area contributed by atoms with Crippen LogP contribution in [0.25, 0.3) is 200 Å². The van der Waals surface area contributed by atoms with Gasteiger partial charge in [-0.1, -0.05) is 109 Å².